The lowest BCUT2D eigenvalue weighted by atomic mass is 9.94. The molecule has 0 aliphatic carbocycles. The van der Waals surface area contributed by atoms with Crippen LogP contribution in [0.3, 0.4) is 0 Å². The van der Waals surface area contributed by atoms with Gasteiger partial charge in [-0.05, 0) is 59.6 Å². The molecule has 0 atom stereocenters. The maximum Gasteiger partial charge on any atom is 0.125 e. The van der Waals surface area contributed by atoms with Gasteiger partial charge in [0.15, 0.2) is 0 Å². The quantitative estimate of drug-likeness (QED) is 0.785. The van der Waals surface area contributed by atoms with Crippen LogP contribution in [0.4, 0.5) is 4.39 Å². The minimum absolute atomic E-state index is 0.164. The van der Waals surface area contributed by atoms with Gasteiger partial charge in [0.05, 0.1) is 5.52 Å². The van der Waals surface area contributed by atoms with Crippen molar-refractivity contribution in [1.82, 2.24) is 9.88 Å². The fourth-order valence-corrected chi connectivity index (χ4v) is 3.95. The molecule has 1 saturated heterocycles. The van der Waals surface area contributed by atoms with Crippen molar-refractivity contribution in [3.8, 4) is 0 Å². The minimum atomic E-state index is -0.164. The van der Waals surface area contributed by atoms with Crippen LogP contribution in [0.25, 0.3) is 10.9 Å². The fraction of sp³-hybridized carbons (Fsp3) is 0.429. The molecule has 0 unspecified atom stereocenters. The molecule has 3 aliphatic rings. The van der Waals surface area contributed by atoms with Crippen molar-refractivity contribution >= 4 is 26.8 Å². The number of nitrogens with zero attached hydrogens (tertiary/aromatic N) is 1. The highest BCUT2D eigenvalue weighted by Gasteiger charge is 2.30. The van der Waals surface area contributed by atoms with Crippen molar-refractivity contribution in [2.75, 3.05) is 13.1 Å². The number of hydrogen-bond donors (Lipinski definition) is 1. The first-order valence-electron chi connectivity index (χ1n) is 6.44. The summed E-state index contributed by atoms with van der Waals surface area (Å²) in [6, 6.07) is 3.21. The van der Waals surface area contributed by atoms with E-state index in [1.165, 1.54) is 43.3 Å². The molecule has 1 aromatic heterocycles. The van der Waals surface area contributed by atoms with Gasteiger partial charge in [0.25, 0.3) is 0 Å². The maximum absolute atomic E-state index is 13.6. The lowest BCUT2D eigenvalue weighted by Crippen LogP contribution is -2.29. The zero-order valence-corrected chi connectivity index (χ0v) is 11.6. The maximum atomic E-state index is 13.6. The van der Waals surface area contributed by atoms with E-state index in [0.717, 1.165) is 21.9 Å². The van der Waals surface area contributed by atoms with Crippen LogP contribution < -0.4 is 0 Å². The van der Waals surface area contributed by atoms with Crippen LogP contribution in [-0.2, 0) is 6.54 Å². The van der Waals surface area contributed by atoms with E-state index < -0.39 is 0 Å². The molecule has 2 bridgehead atoms. The van der Waals surface area contributed by atoms with Crippen LogP contribution in [0.5, 0.6) is 0 Å². The van der Waals surface area contributed by atoms with E-state index in [9.17, 15) is 4.39 Å². The van der Waals surface area contributed by atoms with Crippen molar-refractivity contribution in [3.05, 3.63) is 33.7 Å². The topological polar surface area (TPSA) is 19.0 Å². The molecule has 4 heteroatoms. The lowest BCUT2D eigenvalue weighted by molar-refractivity contribution is 0.220. The molecule has 18 heavy (non-hydrogen) atoms. The Morgan fingerprint density at radius 1 is 1.28 bits per heavy atom. The monoisotopic (exact) mass is 308 g/mol. The Morgan fingerprint density at radius 2 is 2.06 bits per heavy atom. The number of piperidine rings is 1. The molecule has 2 nitrogen and oxygen atoms in total. The van der Waals surface area contributed by atoms with Gasteiger partial charge < -0.3 is 4.98 Å². The van der Waals surface area contributed by atoms with E-state index in [1.807, 2.05) is 0 Å². The van der Waals surface area contributed by atoms with E-state index in [2.05, 4.69) is 25.8 Å². The van der Waals surface area contributed by atoms with Gasteiger partial charge in [-0.3, -0.25) is 4.90 Å². The first-order chi connectivity index (χ1) is 8.72. The second kappa shape index (κ2) is 3.81. The van der Waals surface area contributed by atoms with Crippen molar-refractivity contribution in [2.24, 2.45) is 0 Å². The van der Waals surface area contributed by atoms with Gasteiger partial charge in [0.2, 0.25) is 0 Å². The SMILES string of the molecule is Fc1cc(Br)c2[nH]c3c(c2c1)CN1CCC3CC1. The predicted octanol–water partition coefficient (Wildman–Crippen LogP) is 3.76. The summed E-state index contributed by atoms with van der Waals surface area (Å²) in [5, 5.41) is 1.05. The Morgan fingerprint density at radius 3 is 2.83 bits per heavy atom. The fourth-order valence-electron chi connectivity index (χ4n) is 3.42. The Hall–Kier alpha value is -0.870. The number of halogens is 2. The van der Waals surface area contributed by atoms with E-state index in [-0.39, 0.29) is 5.82 Å². The highest BCUT2D eigenvalue weighted by molar-refractivity contribution is 9.10. The Bertz CT molecular complexity index is 626. The first kappa shape index (κ1) is 11.0. The summed E-state index contributed by atoms with van der Waals surface area (Å²) in [7, 11) is 0. The second-order valence-corrected chi connectivity index (χ2v) is 6.23. The number of fused-ring (bicyclic) bond motifs is 3. The molecule has 0 radical (unpaired) electrons. The molecule has 3 aliphatic heterocycles. The normalized spacial score (nSPS) is 26.3. The largest absolute Gasteiger partial charge is 0.357 e. The van der Waals surface area contributed by atoms with E-state index in [1.54, 1.807) is 6.07 Å². The van der Waals surface area contributed by atoms with Crippen molar-refractivity contribution in [3.63, 3.8) is 0 Å². The Kier molecular flexibility index (Phi) is 2.33. The first-order valence-corrected chi connectivity index (χ1v) is 7.23. The predicted molar refractivity (Wildman–Crippen MR) is 73.2 cm³/mol. The highest BCUT2D eigenvalue weighted by atomic mass is 79.9. The van der Waals surface area contributed by atoms with Gasteiger partial charge in [0.1, 0.15) is 5.82 Å². The lowest BCUT2D eigenvalue weighted by Gasteiger charge is -2.26. The zero-order chi connectivity index (χ0) is 12.3. The van der Waals surface area contributed by atoms with Crippen LogP contribution in [0.15, 0.2) is 16.6 Å². The molecule has 0 spiro atoms. The van der Waals surface area contributed by atoms with Crippen LogP contribution in [-0.4, -0.2) is 23.0 Å². The summed E-state index contributed by atoms with van der Waals surface area (Å²) in [6.07, 6.45) is 2.44. The average molecular weight is 309 g/mol. The van der Waals surface area contributed by atoms with Gasteiger partial charge in [-0.2, -0.15) is 0 Å². The molecule has 5 rings (SSSR count). The third-order valence-corrected chi connectivity index (χ3v) is 4.97. The third-order valence-electron chi connectivity index (χ3n) is 4.34. The number of aromatic nitrogens is 1. The van der Waals surface area contributed by atoms with Gasteiger partial charge >= 0.3 is 0 Å². The standard InChI is InChI=1S/C14H14BrFN2/c15-12-6-9(16)5-10-11-7-18-3-1-8(2-4-18)13(11)17-14(10)12/h5-6,8,17H,1-4,7H2. The number of H-pyrrole nitrogens is 1. The molecule has 0 saturated carbocycles. The van der Waals surface area contributed by atoms with Crippen LogP contribution in [0, 0.1) is 5.82 Å². The molecule has 94 valence electrons. The summed E-state index contributed by atoms with van der Waals surface area (Å²) in [4.78, 5) is 6.02. The molecule has 1 N–H and O–H groups in total. The summed E-state index contributed by atoms with van der Waals surface area (Å²) in [5.74, 6) is 0.462. The number of benzene rings is 1. The highest BCUT2D eigenvalue weighted by Crippen LogP contribution is 2.40. The Balaban J connectivity index is 2.02. The zero-order valence-electron chi connectivity index (χ0n) is 9.97. The average Bonchev–Trinajstić information content (AvgIpc) is 2.53. The number of hydrogen-bond acceptors (Lipinski definition) is 1. The molecular weight excluding hydrogens is 295 g/mol. The summed E-state index contributed by atoms with van der Waals surface area (Å²) < 4.78 is 14.4. The smallest absolute Gasteiger partial charge is 0.125 e. The summed E-state index contributed by atoms with van der Waals surface area (Å²) >= 11 is 3.46. The van der Waals surface area contributed by atoms with Crippen molar-refractivity contribution in [1.29, 1.82) is 0 Å². The Labute approximate surface area is 113 Å². The van der Waals surface area contributed by atoms with E-state index in [0.29, 0.717) is 5.92 Å². The van der Waals surface area contributed by atoms with Crippen molar-refractivity contribution < 1.29 is 4.39 Å². The number of nitrogens with one attached hydrogen (secondary N) is 1. The summed E-state index contributed by atoms with van der Waals surface area (Å²) in [6.45, 7) is 3.30. The molecule has 2 aromatic rings. The van der Waals surface area contributed by atoms with E-state index in [4.69, 9.17) is 0 Å². The minimum Gasteiger partial charge on any atom is -0.357 e. The van der Waals surface area contributed by atoms with Gasteiger partial charge in [-0.1, -0.05) is 0 Å². The molecule has 4 heterocycles. The third kappa shape index (κ3) is 1.48. The second-order valence-electron chi connectivity index (χ2n) is 5.38. The van der Waals surface area contributed by atoms with Crippen molar-refractivity contribution in [2.45, 2.75) is 25.3 Å². The number of rotatable bonds is 0. The molecule has 0 amide bonds. The van der Waals surface area contributed by atoms with Gasteiger partial charge in [-0.25, -0.2) is 4.39 Å². The van der Waals surface area contributed by atoms with Crippen LogP contribution in [0.2, 0.25) is 0 Å². The summed E-state index contributed by atoms with van der Waals surface area (Å²) in [5.41, 5.74) is 3.71. The van der Waals surface area contributed by atoms with E-state index >= 15 is 0 Å². The molecule has 1 aromatic carbocycles. The van der Waals surface area contributed by atoms with Gasteiger partial charge in [-0.15, -0.1) is 0 Å². The van der Waals surface area contributed by atoms with Gasteiger partial charge in [0, 0.05) is 28.0 Å². The molecular formula is C14H14BrFN2. The molecule has 1 fully saturated rings. The van der Waals surface area contributed by atoms with Crippen LogP contribution >= 0.6 is 15.9 Å². The van der Waals surface area contributed by atoms with Crippen LogP contribution in [0.1, 0.15) is 30.0 Å². The number of aromatic amines is 1.